The van der Waals surface area contributed by atoms with Crippen LogP contribution in [0.1, 0.15) is 28.9 Å². The number of nitrogen functional groups attached to an aromatic ring is 1. The Morgan fingerprint density at radius 2 is 1.81 bits per heavy atom. The smallest absolute Gasteiger partial charge is 0.254 e. The number of carbonyl (C=O) groups is 1. The molecule has 0 saturated heterocycles. The Balaban J connectivity index is 2.18. The molecule has 0 heterocycles. The average molecular weight is 355 g/mol. The van der Waals surface area contributed by atoms with E-state index >= 15 is 0 Å². The molecule has 0 radical (unpaired) electrons. The van der Waals surface area contributed by atoms with Gasteiger partial charge in [0.15, 0.2) is 0 Å². The van der Waals surface area contributed by atoms with Crippen molar-refractivity contribution in [2.24, 2.45) is 0 Å². The number of nitrogens with two attached hydrogens (primary N) is 1. The molecule has 0 aliphatic carbocycles. The third-order valence-corrected chi connectivity index (χ3v) is 3.58. The SMILES string of the molecule is C[C@@H](NC(=O)c1cc(N)c(F)cc1F)c1ccc(Br)cc1. The van der Waals surface area contributed by atoms with Gasteiger partial charge in [0.2, 0.25) is 0 Å². The molecule has 2 aromatic carbocycles. The maximum atomic E-state index is 13.6. The molecule has 0 unspecified atom stereocenters. The van der Waals surface area contributed by atoms with Crippen molar-refractivity contribution in [1.82, 2.24) is 5.32 Å². The molecule has 3 N–H and O–H groups in total. The van der Waals surface area contributed by atoms with Crippen molar-refractivity contribution >= 4 is 27.5 Å². The Labute approximate surface area is 129 Å². The van der Waals surface area contributed by atoms with E-state index in [2.05, 4.69) is 21.2 Å². The maximum Gasteiger partial charge on any atom is 0.254 e. The molecule has 0 bridgehead atoms. The molecular weight excluding hydrogens is 342 g/mol. The third-order valence-electron chi connectivity index (χ3n) is 3.05. The van der Waals surface area contributed by atoms with Gasteiger partial charge in [0.1, 0.15) is 11.6 Å². The highest BCUT2D eigenvalue weighted by Crippen LogP contribution is 2.19. The van der Waals surface area contributed by atoms with Crippen LogP contribution in [0.3, 0.4) is 0 Å². The number of anilines is 1. The fraction of sp³-hybridized carbons (Fsp3) is 0.133. The van der Waals surface area contributed by atoms with Crippen molar-refractivity contribution in [2.75, 3.05) is 5.73 Å². The van der Waals surface area contributed by atoms with Gasteiger partial charge in [-0.25, -0.2) is 8.78 Å². The summed E-state index contributed by atoms with van der Waals surface area (Å²) >= 11 is 3.32. The van der Waals surface area contributed by atoms with Gasteiger partial charge in [-0.3, -0.25) is 4.79 Å². The summed E-state index contributed by atoms with van der Waals surface area (Å²) in [5.74, 6) is -2.47. The van der Waals surface area contributed by atoms with Crippen molar-refractivity contribution in [1.29, 1.82) is 0 Å². The molecule has 3 nitrogen and oxygen atoms in total. The number of nitrogens with one attached hydrogen (secondary N) is 1. The van der Waals surface area contributed by atoms with E-state index in [4.69, 9.17) is 5.73 Å². The average Bonchev–Trinajstić information content (AvgIpc) is 2.43. The highest BCUT2D eigenvalue weighted by Gasteiger charge is 2.17. The van der Waals surface area contributed by atoms with Gasteiger partial charge >= 0.3 is 0 Å². The van der Waals surface area contributed by atoms with Crippen LogP contribution >= 0.6 is 15.9 Å². The van der Waals surface area contributed by atoms with E-state index in [1.807, 2.05) is 24.3 Å². The highest BCUT2D eigenvalue weighted by molar-refractivity contribution is 9.10. The van der Waals surface area contributed by atoms with Crippen LogP contribution in [0.15, 0.2) is 40.9 Å². The monoisotopic (exact) mass is 354 g/mol. The lowest BCUT2D eigenvalue weighted by Crippen LogP contribution is -2.27. The first kappa shape index (κ1) is 15.4. The van der Waals surface area contributed by atoms with Crippen LogP contribution in [0.5, 0.6) is 0 Å². The normalized spacial score (nSPS) is 12.0. The molecule has 110 valence electrons. The number of rotatable bonds is 3. The van der Waals surface area contributed by atoms with Crippen LogP contribution in [0, 0.1) is 11.6 Å². The molecule has 0 aliphatic heterocycles. The Bertz CT molecular complexity index is 674. The van der Waals surface area contributed by atoms with Crippen molar-refractivity contribution in [2.45, 2.75) is 13.0 Å². The summed E-state index contributed by atoms with van der Waals surface area (Å²) in [4.78, 5) is 12.0. The van der Waals surface area contributed by atoms with Crippen LogP contribution in [0.2, 0.25) is 0 Å². The Kier molecular flexibility index (Phi) is 4.57. The molecule has 21 heavy (non-hydrogen) atoms. The van der Waals surface area contributed by atoms with Gasteiger partial charge in [0.05, 0.1) is 17.3 Å². The standard InChI is InChI=1S/C15H13BrF2N2O/c1-8(9-2-4-10(16)5-3-9)20-15(21)11-6-14(19)13(18)7-12(11)17/h2-8H,19H2,1H3,(H,20,21)/t8-/m1/s1. The van der Waals surface area contributed by atoms with Gasteiger partial charge in [0.25, 0.3) is 5.91 Å². The van der Waals surface area contributed by atoms with Crippen molar-refractivity contribution in [3.05, 3.63) is 63.6 Å². The lowest BCUT2D eigenvalue weighted by atomic mass is 10.1. The molecule has 6 heteroatoms. The second-order valence-corrected chi connectivity index (χ2v) is 5.52. The molecule has 0 aliphatic rings. The van der Waals surface area contributed by atoms with Gasteiger partial charge in [-0.1, -0.05) is 28.1 Å². The zero-order valence-electron chi connectivity index (χ0n) is 11.2. The molecule has 1 atom stereocenters. The molecule has 0 spiro atoms. The van der Waals surface area contributed by atoms with Crippen LogP contribution in [-0.4, -0.2) is 5.91 Å². The molecule has 1 amide bonds. The first-order valence-corrected chi connectivity index (χ1v) is 6.98. The summed E-state index contributed by atoms with van der Waals surface area (Å²) in [6.45, 7) is 1.77. The van der Waals surface area contributed by atoms with Gasteiger partial charge in [-0.2, -0.15) is 0 Å². The van der Waals surface area contributed by atoms with Crippen LogP contribution in [-0.2, 0) is 0 Å². The summed E-state index contributed by atoms with van der Waals surface area (Å²) in [5.41, 5.74) is 5.68. The van der Waals surface area contributed by atoms with Gasteiger partial charge in [0, 0.05) is 10.5 Å². The van der Waals surface area contributed by atoms with E-state index in [-0.39, 0.29) is 17.3 Å². The summed E-state index contributed by atoms with van der Waals surface area (Å²) in [6, 6.07) is 8.64. The number of amides is 1. The predicted octanol–water partition coefficient (Wildman–Crippen LogP) is 3.80. The van der Waals surface area contributed by atoms with Crippen LogP contribution < -0.4 is 11.1 Å². The predicted molar refractivity (Wildman–Crippen MR) is 80.8 cm³/mol. The van der Waals surface area contributed by atoms with Crippen LogP contribution in [0.25, 0.3) is 0 Å². The quantitative estimate of drug-likeness (QED) is 0.823. The van der Waals surface area contributed by atoms with E-state index in [1.165, 1.54) is 0 Å². The summed E-state index contributed by atoms with van der Waals surface area (Å²) in [5, 5.41) is 2.65. The van der Waals surface area contributed by atoms with E-state index < -0.39 is 17.5 Å². The first-order chi connectivity index (χ1) is 9.88. The fourth-order valence-electron chi connectivity index (χ4n) is 1.85. The minimum absolute atomic E-state index is 0.266. The molecule has 0 aromatic heterocycles. The van der Waals surface area contributed by atoms with Crippen molar-refractivity contribution in [3.63, 3.8) is 0 Å². The van der Waals surface area contributed by atoms with Crippen molar-refractivity contribution in [3.8, 4) is 0 Å². The summed E-state index contributed by atoms with van der Waals surface area (Å²) in [6.07, 6.45) is 0. The molecule has 0 fully saturated rings. The maximum absolute atomic E-state index is 13.6. The van der Waals surface area contributed by atoms with Crippen molar-refractivity contribution < 1.29 is 13.6 Å². The second-order valence-electron chi connectivity index (χ2n) is 4.60. The Morgan fingerprint density at radius 3 is 2.43 bits per heavy atom. The lowest BCUT2D eigenvalue weighted by Gasteiger charge is -2.15. The summed E-state index contributed by atoms with van der Waals surface area (Å²) in [7, 11) is 0. The third kappa shape index (κ3) is 3.58. The molecule has 0 saturated carbocycles. The number of hydrogen-bond donors (Lipinski definition) is 2. The topological polar surface area (TPSA) is 55.1 Å². The number of hydrogen-bond acceptors (Lipinski definition) is 2. The van der Waals surface area contributed by atoms with Crippen LogP contribution in [0.4, 0.5) is 14.5 Å². The number of carbonyl (C=O) groups excluding carboxylic acids is 1. The highest BCUT2D eigenvalue weighted by atomic mass is 79.9. The largest absolute Gasteiger partial charge is 0.396 e. The minimum Gasteiger partial charge on any atom is -0.396 e. The minimum atomic E-state index is -0.942. The van der Waals surface area contributed by atoms with Gasteiger partial charge in [-0.05, 0) is 30.7 Å². The Morgan fingerprint density at radius 1 is 1.19 bits per heavy atom. The first-order valence-electron chi connectivity index (χ1n) is 6.19. The van der Waals surface area contributed by atoms with Gasteiger partial charge < -0.3 is 11.1 Å². The number of halogens is 3. The zero-order valence-corrected chi connectivity index (χ0v) is 12.7. The molecule has 2 aromatic rings. The molecule has 2 rings (SSSR count). The zero-order chi connectivity index (χ0) is 15.6. The fourth-order valence-corrected chi connectivity index (χ4v) is 2.11. The number of benzene rings is 2. The van der Waals surface area contributed by atoms with E-state index in [9.17, 15) is 13.6 Å². The second kappa shape index (κ2) is 6.22. The lowest BCUT2D eigenvalue weighted by molar-refractivity contribution is 0.0936. The molecular formula is C15H13BrF2N2O. The van der Waals surface area contributed by atoms with E-state index in [0.717, 1.165) is 16.1 Å². The Hall–Kier alpha value is -1.95. The van der Waals surface area contributed by atoms with Gasteiger partial charge in [-0.15, -0.1) is 0 Å². The van der Waals surface area contributed by atoms with E-state index in [0.29, 0.717) is 6.07 Å². The van der Waals surface area contributed by atoms with E-state index in [1.54, 1.807) is 6.92 Å². The summed E-state index contributed by atoms with van der Waals surface area (Å²) < 4.78 is 27.6.